The maximum Gasteiger partial charge on any atom is 0.232 e. The van der Waals surface area contributed by atoms with E-state index in [1.165, 1.54) is 4.21 Å². The molecule has 0 spiro atoms. The second-order valence-corrected chi connectivity index (χ2v) is 5.86. The van der Waals surface area contributed by atoms with Gasteiger partial charge in [0.25, 0.3) is 0 Å². The minimum absolute atomic E-state index is 0.144. The third kappa shape index (κ3) is 3.09. The molecule has 1 aromatic rings. The SMILES string of the molecule is O=C1CCN(C(=O)CSc2cccs2)CC1. The fourth-order valence-electron chi connectivity index (χ4n) is 1.58. The average molecular weight is 255 g/mol. The molecule has 0 unspecified atom stereocenters. The van der Waals surface area contributed by atoms with E-state index in [2.05, 4.69) is 0 Å². The molecule has 1 amide bonds. The molecule has 5 heteroatoms. The Balaban J connectivity index is 1.77. The molecule has 16 heavy (non-hydrogen) atoms. The molecule has 2 rings (SSSR count). The molecule has 0 atom stereocenters. The molecule has 0 saturated carbocycles. The third-order valence-corrected chi connectivity index (χ3v) is 4.62. The number of piperidine rings is 1. The van der Waals surface area contributed by atoms with Crippen LogP contribution in [0, 0.1) is 0 Å². The van der Waals surface area contributed by atoms with Crippen LogP contribution < -0.4 is 0 Å². The number of thioether (sulfide) groups is 1. The van der Waals surface area contributed by atoms with Crippen LogP contribution in [0.15, 0.2) is 21.7 Å². The molecule has 0 N–H and O–H groups in total. The van der Waals surface area contributed by atoms with E-state index in [4.69, 9.17) is 0 Å². The van der Waals surface area contributed by atoms with Gasteiger partial charge in [-0.05, 0) is 11.4 Å². The van der Waals surface area contributed by atoms with Crippen molar-refractivity contribution in [3.05, 3.63) is 17.5 Å². The van der Waals surface area contributed by atoms with Gasteiger partial charge in [-0.15, -0.1) is 23.1 Å². The molecule has 0 bridgehead atoms. The molecule has 0 radical (unpaired) electrons. The fraction of sp³-hybridized carbons (Fsp3) is 0.455. The van der Waals surface area contributed by atoms with E-state index in [0.717, 1.165) is 0 Å². The van der Waals surface area contributed by atoms with Gasteiger partial charge in [-0.3, -0.25) is 9.59 Å². The van der Waals surface area contributed by atoms with E-state index in [1.807, 2.05) is 17.5 Å². The molecule has 3 nitrogen and oxygen atoms in total. The Bertz CT molecular complexity index is 365. The van der Waals surface area contributed by atoms with Gasteiger partial charge in [-0.1, -0.05) is 6.07 Å². The van der Waals surface area contributed by atoms with Gasteiger partial charge in [-0.2, -0.15) is 0 Å². The second kappa shape index (κ2) is 5.50. The zero-order valence-electron chi connectivity index (χ0n) is 8.85. The Morgan fingerprint density at radius 2 is 2.19 bits per heavy atom. The zero-order valence-corrected chi connectivity index (χ0v) is 10.5. The maximum atomic E-state index is 11.8. The van der Waals surface area contributed by atoms with Crippen molar-refractivity contribution >= 4 is 34.8 Å². The van der Waals surface area contributed by atoms with Crippen LogP contribution in [-0.4, -0.2) is 35.4 Å². The Labute approximate surface area is 103 Å². The molecule has 1 aliphatic rings. The lowest BCUT2D eigenvalue weighted by Crippen LogP contribution is -2.39. The molecule has 0 aliphatic carbocycles. The highest BCUT2D eigenvalue weighted by Gasteiger charge is 2.20. The highest BCUT2D eigenvalue weighted by Crippen LogP contribution is 2.23. The van der Waals surface area contributed by atoms with E-state index >= 15 is 0 Å². The van der Waals surface area contributed by atoms with Crippen molar-refractivity contribution in [3.63, 3.8) is 0 Å². The summed E-state index contributed by atoms with van der Waals surface area (Å²) in [5.74, 6) is 0.898. The van der Waals surface area contributed by atoms with Gasteiger partial charge in [0.05, 0.1) is 9.96 Å². The molecule has 1 aliphatic heterocycles. The number of nitrogens with zero attached hydrogens (tertiary/aromatic N) is 1. The van der Waals surface area contributed by atoms with Crippen LogP contribution in [0.2, 0.25) is 0 Å². The summed E-state index contributed by atoms with van der Waals surface area (Å²) in [5, 5.41) is 2.01. The molecule has 2 heterocycles. The molecular formula is C11H13NO2S2. The molecular weight excluding hydrogens is 242 g/mol. The van der Waals surface area contributed by atoms with Gasteiger partial charge in [-0.25, -0.2) is 0 Å². The highest BCUT2D eigenvalue weighted by atomic mass is 32.2. The highest BCUT2D eigenvalue weighted by molar-refractivity contribution is 8.01. The van der Waals surface area contributed by atoms with Crippen LogP contribution in [0.4, 0.5) is 0 Å². The van der Waals surface area contributed by atoms with Crippen molar-refractivity contribution in [2.24, 2.45) is 0 Å². The van der Waals surface area contributed by atoms with E-state index < -0.39 is 0 Å². The molecule has 0 aromatic carbocycles. The van der Waals surface area contributed by atoms with Crippen molar-refractivity contribution in [2.75, 3.05) is 18.8 Å². The van der Waals surface area contributed by atoms with Gasteiger partial charge in [0.2, 0.25) is 5.91 Å². The summed E-state index contributed by atoms with van der Waals surface area (Å²) in [6.07, 6.45) is 1.05. The Morgan fingerprint density at radius 1 is 1.44 bits per heavy atom. The Kier molecular flexibility index (Phi) is 4.01. The van der Waals surface area contributed by atoms with Crippen molar-refractivity contribution in [1.29, 1.82) is 0 Å². The van der Waals surface area contributed by atoms with Crippen molar-refractivity contribution < 1.29 is 9.59 Å². The summed E-state index contributed by atoms with van der Waals surface area (Å²) >= 11 is 3.22. The van der Waals surface area contributed by atoms with Crippen molar-refractivity contribution in [2.45, 2.75) is 17.1 Å². The number of hydrogen-bond acceptors (Lipinski definition) is 4. The summed E-state index contributed by atoms with van der Waals surface area (Å²) in [5.41, 5.74) is 0. The van der Waals surface area contributed by atoms with Crippen LogP contribution in [0.25, 0.3) is 0 Å². The van der Waals surface area contributed by atoms with Crippen LogP contribution in [0.3, 0.4) is 0 Å². The Morgan fingerprint density at radius 3 is 2.81 bits per heavy atom. The minimum atomic E-state index is 0.144. The predicted octanol–water partition coefficient (Wildman–Crippen LogP) is 2.03. The topological polar surface area (TPSA) is 37.4 Å². The molecule has 1 aromatic heterocycles. The van der Waals surface area contributed by atoms with Crippen LogP contribution in [0.1, 0.15) is 12.8 Å². The number of amides is 1. The monoisotopic (exact) mass is 255 g/mol. The number of hydrogen-bond donors (Lipinski definition) is 0. The number of thiophene rings is 1. The average Bonchev–Trinajstić information content (AvgIpc) is 2.80. The zero-order chi connectivity index (χ0) is 11.4. The summed E-state index contributed by atoms with van der Waals surface area (Å²) in [6.45, 7) is 1.20. The van der Waals surface area contributed by atoms with Crippen LogP contribution >= 0.6 is 23.1 Å². The fourth-order valence-corrected chi connectivity index (χ4v) is 3.26. The summed E-state index contributed by atoms with van der Waals surface area (Å²) in [6, 6.07) is 4.00. The van der Waals surface area contributed by atoms with Gasteiger partial charge < -0.3 is 4.90 Å². The van der Waals surface area contributed by atoms with Gasteiger partial charge in [0, 0.05) is 25.9 Å². The second-order valence-electron chi connectivity index (χ2n) is 3.64. The van der Waals surface area contributed by atoms with E-state index in [-0.39, 0.29) is 11.7 Å². The standard InChI is InChI=1S/C11H13NO2S2/c13-9-3-5-12(6-4-9)10(14)8-16-11-2-1-7-15-11/h1-2,7H,3-6,8H2. The summed E-state index contributed by atoms with van der Waals surface area (Å²) in [7, 11) is 0. The number of carbonyl (C=O) groups excluding carboxylic acids is 2. The third-order valence-electron chi connectivity index (χ3n) is 2.51. The minimum Gasteiger partial charge on any atom is -0.341 e. The first-order valence-electron chi connectivity index (χ1n) is 5.21. The van der Waals surface area contributed by atoms with Gasteiger partial charge in [0.1, 0.15) is 5.78 Å². The van der Waals surface area contributed by atoms with Crippen molar-refractivity contribution in [1.82, 2.24) is 4.90 Å². The van der Waals surface area contributed by atoms with Crippen LogP contribution in [-0.2, 0) is 9.59 Å². The number of ketones is 1. The number of Topliss-reactive ketones (excluding diaryl/α,β-unsaturated/α-hetero) is 1. The summed E-state index contributed by atoms with van der Waals surface area (Å²) < 4.78 is 1.17. The molecule has 86 valence electrons. The first-order chi connectivity index (χ1) is 7.75. The number of likely N-dealkylation sites (tertiary alicyclic amines) is 1. The molecule has 1 saturated heterocycles. The smallest absolute Gasteiger partial charge is 0.232 e. The first-order valence-corrected chi connectivity index (χ1v) is 7.08. The van der Waals surface area contributed by atoms with Crippen molar-refractivity contribution in [3.8, 4) is 0 Å². The van der Waals surface area contributed by atoms with Crippen LogP contribution in [0.5, 0.6) is 0 Å². The lowest BCUT2D eigenvalue weighted by Gasteiger charge is -2.25. The van der Waals surface area contributed by atoms with E-state index in [1.54, 1.807) is 28.0 Å². The lowest BCUT2D eigenvalue weighted by atomic mass is 10.1. The Hall–Kier alpha value is -0.810. The number of carbonyl (C=O) groups is 2. The molecule has 1 fully saturated rings. The summed E-state index contributed by atoms with van der Waals surface area (Å²) in [4.78, 5) is 24.6. The lowest BCUT2D eigenvalue weighted by molar-refractivity contribution is -0.132. The normalized spacial score (nSPS) is 16.5. The largest absolute Gasteiger partial charge is 0.341 e. The first kappa shape index (κ1) is 11.7. The van der Waals surface area contributed by atoms with Gasteiger partial charge >= 0.3 is 0 Å². The maximum absolute atomic E-state index is 11.8. The van der Waals surface area contributed by atoms with E-state index in [9.17, 15) is 9.59 Å². The van der Waals surface area contributed by atoms with Gasteiger partial charge in [0.15, 0.2) is 0 Å². The number of rotatable bonds is 3. The predicted molar refractivity (Wildman–Crippen MR) is 65.9 cm³/mol. The quantitative estimate of drug-likeness (QED) is 0.776. The van der Waals surface area contributed by atoms with E-state index in [0.29, 0.717) is 31.7 Å².